The van der Waals surface area contributed by atoms with E-state index in [-0.39, 0.29) is 30.8 Å². The number of anilines is 1. The van der Waals surface area contributed by atoms with Crippen molar-refractivity contribution in [1.82, 2.24) is 9.88 Å². The summed E-state index contributed by atoms with van der Waals surface area (Å²) in [6.07, 6.45) is -5.42. The lowest BCUT2D eigenvalue weighted by Gasteiger charge is -2.43. The van der Waals surface area contributed by atoms with Gasteiger partial charge >= 0.3 is 6.18 Å². The second kappa shape index (κ2) is 8.60. The lowest BCUT2D eigenvalue weighted by atomic mass is 9.89. The third kappa shape index (κ3) is 4.08. The van der Waals surface area contributed by atoms with Gasteiger partial charge in [0.1, 0.15) is 12.0 Å². The molecule has 2 aromatic rings. The van der Waals surface area contributed by atoms with E-state index in [4.69, 9.17) is 15.2 Å². The fourth-order valence-electron chi connectivity index (χ4n) is 5.17. The smallest absolute Gasteiger partial charge is 0.383 e. The highest BCUT2D eigenvalue weighted by Gasteiger charge is 2.42. The van der Waals surface area contributed by atoms with Gasteiger partial charge in [-0.1, -0.05) is 12.2 Å². The first-order valence-electron chi connectivity index (χ1n) is 11.4. The first-order valence-corrected chi connectivity index (χ1v) is 11.4. The minimum Gasteiger partial charge on any atom is -0.383 e. The first-order chi connectivity index (χ1) is 16.6. The Morgan fingerprint density at radius 2 is 1.97 bits per heavy atom. The van der Waals surface area contributed by atoms with Crippen LogP contribution in [-0.2, 0) is 16.1 Å². The summed E-state index contributed by atoms with van der Waals surface area (Å²) in [6, 6.07) is 3.84. The minimum absolute atomic E-state index is 0.00392. The van der Waals surface area contributed by atoms with Crippen LogP contribution in [0.4, 0.5) is 23.4 Å². The van der Waals surface area contributed by atoms with E-state index in [9.17, 15) is 22.4 Å². The lowest BCUT2D eigenvalue weighted by Crippen LogP contribution is -2.55. The van der Waals surface area contributed by atoms with Crippen molar-refractivity contribution in [2.24, 2.45) is 0 Å². The summed E-state index contributed by atoms with van der Waals surface area (Å²) in [6.45, 7) is 4.24. The van der Waals surface area contributed by atoms with Crippen molar-refractivity contribution in [3.05, 3.63) is 58.2 Å². The summed E-state index contributed by atoms with van der Waals surface area (Å²) in [4.78, 5) is 19.7. The molecule has 1 amide bonds. The Morgan fingerprint density at radius 3 is 2.69 bits per heavy atom. The van der Waals surface area contributed by atoms with Gasteiger partial charge in [0, 0.05) is 28.5 Å². The molecule has 3 aliphatic rings. The van der Waals surface area contributed by atoms with Crippen LogP contribution >= 0.6 is 0 Å². The zero-order chi connectivity index (χ0) is 25.1. The highest BCUT2D eigenvalue weighted by atomic mass is 19.4. The van der Waals surface area contributed by atoms with Gasteiger partial charge in [-0.25, -0.2) is 9.37 Å². The summed E-state index contributed by atoms with van der Waals surface area (Å²) in [5, 5.41) is 0.750. The molecule has 2 aliphatic heterocycles. The van der Waals surface area contributed by atoms with Gasteiger partial charge in [-0.05, 0) is 43.2 Å². The number of allylic oxidation sites excluding steroid dienone is 3. The van der Waals surface area contributed by atoms with Crippen LogP contribution in [0.25, 0.3) is 10.9 Å². The molecule has 1 unspecified atom stereocenters. The van der Waals surface area contributed by atoms with Crippen LogP contribution in [0.5, 0.6) is 0 Å². The van der Waals surface area contributed by atoms with Crippen molar-refractivity contribution in [3.63, 3.8) is 0 Å². The molecule has 0 radical (unpaired) electrons. The third-order valence-electron chi connectivity index (χ3n) is 6.96. The quantitative estimate of drug-likeness (QED) is 0.611. The van der Waals surface area contributed by atoms with Crippen molar-refractivity contribution in [2.45, 2.75) is 57.4 Å². The Balaban J connectivity index is 1.53. The molecule has 4 atom stereocenters. The summed E-state index contributed by atoms with van der Waals surface area (Å²) < 4.78 is 65.5. The number of carbonyl (C=O) groups is 1. The number of benzene rings is 1. The lowest BCUT2D eigenvalue weighted by molar-refractivity contribution is -0.0960. The number of pyridine rings is 1. The maximum absolute atomic E-state index is 15.0. The number of hydrogen-bond donors (Lipinski definition) is 1. The number of morpholine rings is 1. The summed E-state index contributed by atoms with van der Waals surface area (Å²) in [7, 11) is 0. The van der Waals surface area contributed by atoms with Crippen molar-refractivity contribution in [3.8, 4) is 0 Å². The van der Waals surface area contributed by atoms with E-state index in [0.29, 0.717) is 23.5 Å². The molecule has 1 aliphatic carbocycles. The second-order valence-electron chi connectivity index (χ2n) is 9.22. The van der Waals surface area contributed by atoms with Crippen molar-refractivity contribution < 1.29 is 31.8 Å². The van der Waals surface area contributed by atoms with Gasteiger partial charge in [-0.15, -0.1) is 0 Å². The number of rotatable bonds is 2. The van der Waals surface area contributed by atoms with Crippen molar-refractivity contribution in [1.29, 1.82) is 0 Å². The van der Waals surface area contributed by atoms with E-state index in [2.05, 4.69) is 4.98 Å². The summed E-state index contributed by atoms with van der Waals surface area (Å²) >= 11 is 0. The van der Waals surface area contributed by atoms with E-state index in [1.165, 1.54) is 4.90 Å². The fraction of sp³-hybridized carbons (Fsp3) is 0.440. The van der Waals surface area contributed by atoms with Gasteiger partial charge < -0.3 is 20.1 Å². The third-order valence-corrected chi connectivity index (χ3v) is 6.96. The van der Waals surface area contributed by atoms with E-state index in [0.717, 1.165) is 28.7 Å². The number of alkyl halides is 4. The molecule has 3 heterocycles. The van der Waals surface area contributed by atoms with E-state index in [1.807, 2.05) is 6.92 Å². The Bertz CT molecular complexity index is 1260. The zero-order valence-electron chi connectivity index (χ0n) is 19.2. The number of nitrogens with zero attached hydrogens (tertiary/aromatic N) is 2. The number of aromatic nitrogens is 1. The number of amides is 1. The molecule has 0 saturated carbocycles. The van der Waals surface area contributed by atoms with Gasteiger partial charge in [-0.3, -0.25) is 4.79 Å². The van der Waals surface area contributed by atoms with Gasteiger partial charge in [0.05, 0.1) is 43.5 Å². The fourth-order valence-corrected chi connectivity index (χ4v) is 5.17. The number of nitrogen functional groups attached to an aromatic ring is 1. The average molecular weight is 491 g/mol. The number of carbonyl (C=O) groups excluding carboxylic acids is 1. The maximum atomic E-state index is 15.0. The molecule has 1 aromatic carbocycles. The highest BCUT2D eigenvalue weighted by Crippen LogP contribution is 2.39. The molecule has 1 saturated heterocycles. The van der Waals surface area contributed by atoms with Gasteiger partial charge in [-0.2, -0.15) is 13.2 Å². The van der Waals surface area contributed by atoms with Crippen molar-refractivity contribution >= 4 is 22.6 Å². The van der Waals surface area contributed by atoms with Crippen LogP contribution < -0.4 is 5.73 Å². The predicted molar refractivity (Wildman–Crippen MR) is 121 cm³/mol. The van der Waals surface area contributed by atoms with E-state index in [1.54, 1.807) is 25.1 Å². The topological polar surface area (TPSA) is 77.7 Å². The molecule has 1 aromatic heterocycles. The molecular formula is C25H25F4N3O3. The second-order valence-corrected chi connectivity index (χ2v) is 9.22. The van der Waals surface area contributed by atoms with Gasteiger partial charge in [0.25, 0.3) is 5.91 Å². The van der Waals surface area contributed by atoms with Gasteiger partial charge in [0.15, 0.2) is 0 Å². The molecule has 0 spiro atoms. The molecular weight excluding hydrogens is 466 g/mol. The van der Waals surface area contributed by atoms with Gasteiger partial charge in [0.2, 0.25) is 0 Å². The highest BCUT2D eigenvalue weighted by molar-refractivity contribution is 6.00. The van der Waals surface area contributed by atoms with Crippen LogP contribution in [0.15, 0.2) is 41.5 Å². The van der Waals surface area contributed by atoms with Crippen LogP contribution in [0.2, 0.25) is 0 Å². The normalized spacial score (nSPS) is 27.0. The zero-order valence-corrected chi connectivity index (χ0v) is 19.2. The molecule has 2 N–H and O–H groups in total. The van der Waals surface area contributed by atoms with Crippen LogP contribution in [0.3, 0.4) is 0 Å². The van der Waals surface area contributed by atoms with E-state index >= 15 is 0 Å². The molecule has 186 valence electrons. The number of hydrogen-bond acceptors (Lipinski definition) is 5. The van der Waals surface area contributed by atoms with E-state index < -0.39 is 36.4 Å². The molecule has 6 nitrogen and oxygen atoms in total. The van der Waals surface area contributed by atoms with Crippen molar-refractivity contribution in [2.75, 3.05) is 18.9 Å². The molecule has 1 fully saturated rings. The Labute approximate surface area is 199 Å². The Hall–Kier alpha value is -2.98. The summed E-state index contributed by atoms with van der Waals surface area (Å²) in [5.74, 6) is 0.0342. The Morgan fingerprint density at radius 1 is 1.20 bits per heavy atom. The predicted octanol–water partition coefficient (Wildman–Crippen LogP) is 4.79. The van der Waals surface area contributed by atoms with Crippen LogP contribution in [-0.4, -0.2) is 53.4 Å². The molecule has 5 rings (SSSR count). The molecule has 35 heavy (non-hydrogen) atoms. The SMILES string of the molecule is C[C@@H]1COC[C@H](C2=CC=C(C(F)(F)F)CC2F)N1C(=O)c1ccc2nc(N)c3c(c2c1)CO[C@@H]3C. The Kier molecular flexibility index (Phi) is 5.83. The average Bonchev–Trinajstić information content (AvgIpc) is 3.20. The van der Waals surface area contributed by atoms with Crippen LogP contribution in [0, 0.1) is 0 Å². The summed E-state index contributed by atoms with van der Waals surface area (Å²) in [5.41, 5.74) is 7.97. The van der Waals surface area contributed by atoms with Crippen LogP contribution in [0.1, 0.15) is 47.9 Å². The first kappa shape index (κ1) is 23.7. The molecule has 0 bridgehead atoms. The number of ether oxygens (including phenoxy) is 2. The number of nitrogens with two attached hydrogens (primary N) is 1. The maximum Gasteiger partial charge on any atom is 0.412 e. The molecule has 10 heteroatoms. The standard InChI is InChI=1S/C25H25F4N3O3/c1-12-9-34-11-21(16-5-4-15(8-19(16)26)25(27,28)29)32(12)24(33)14-3-6-20-17(7-14)18-10-35-13(2)22(18)23(30)31-20/h3-7,12-13,19,21H,8-11H2,1-2H3,(H2,30,31)/t12-,13-,19?,21-/m1/s1. The minimum atomic E-state index is -4.60. The number of fused-ring (bicyclic) bond motifs is 3. The number of halogens is 4. The largest absolute Gasteiger partial charge is 0.412 e. The monoisotopic (exact) mass is 491 g/mol.